The predicted octanol–water partition coefficient (Wildman–Crippen LogP) is 1.59. The van der Waals surface area contributed by atoms with Gasteiger partial charge >= 0.3 is 0 Å². The minimum absolute atomic E-state index is 0. The van der Waals surface area contributed by atoms with Crippen molar-refractivity contribution in [2.24, 2.45) is 0 Å². The highest BCUT2D eigenvalue weighted by Crippen LogP contribution is 2.08. The summed E-state index contributed by atoms with van der Waals surface area (Å²) in [5, 5.41) is 9.06. The van der Waals surface area contributed by atoms with Crippen molar-refractivity contribution in [1.82, 2.24) is 15.0 Å². The molecular formula is C11H19ClN6. The number of nitrogens with zero attached hydrogens (tertiary/aromatic N) is 3. The third kappa shape index (κ3) is 5.55. The van der Waals surface area contributed by atoms with Gasteiger partial charge in [0.2, 0.25) is 17.8 Å². The second kappa shape index (κ2) is 9.31. The zero-order valence-corrected chi connectivity index (χ0v) is 11.5. The van der Waals surface area contributed by atoms with E-state index in [0.29, 0.717) is 30.8 Å². The fourth-order valence-electron chi connectivity index (χ4n) is 1.13. The molecule has 1 aromatic rings. The second-order valence-corrected chi connectivity index (χ2v) is 3.36. The van der Waals surface area contributed by atoms with Crippen molar-refractivity contribution in [2.75, 3.05) is 36.1 Å². The minimum atomic E-state index is 0. The standard InChI is InChI=1S/C11H18N6.ClH/c1-4-6-8-14-11-16-9(12-3)15-10(17-11)13-7-5-2;/h1H,5-8H2,2-3H3,(H3,12,13,14,15,16,17);1H. The van der Waals surface area contributed by atoms with Gasteiger partial charge in [0.15, 0.2) is 0 Å². The largest absolute Gasteiger partial charge is 0.357 e. The molecule has 0 fully saturated rings. The van der Waals surface area contributed by atoms with Crippen LogP contribution in [0.4, 0.5) is 17.8 Å². The van der Waals surface area contributed by atoms with Crippen molar-refractivity contribution in [1.29, 1.82) is 0 Å². The molecule has 0 amide bonds. The van der Waals surface area contributed by atoms with Crippen molar-refractivity contribution in [3.05, 3.63) is 0 Å². The van der Waals surface area contributed by atoms with E-state index in [9.17, 15) is 0 Å². The maximum absolute atomic E-state index is 5.18. The predicted molar refractivity (Wildman–Crippen MR) is 77.3 cm³/mol. The van der Waals surface area contributed by atoms with Crippen LogP contribution in [0.3, 0.4) is 0 Å². The van der Waals surface area contributed by atoms with Crippen LogP contribution in [0, 0.1) is 12.3 Å². The third-order valence-electron chi connectivity index (χ3n) is 1.94. The lowest BCUT2D eigenvalue weighted by atomic mass is 10.4. The summed E-state index contributed by atoms with van der Waals surface area (Å²) < 4.78 is 0. The first kappa shape index (κ1) is 16.3. The molecule has 0 aliphatic rings. The molecule has 6 nitrogen and oxygen atoms in total. The van der Waals surface area contributed by atoms with Crippen molar-refractivity contribution in [2.45, 2.75) is 19.8 Å². The SMILES string of the molecule is C#CCCNc1nc(NC)nc(NCCC)n1.Cl. The van der Waals surface area contributed by atoms with Crippen LogP contribution in [0.1, 0.15) is 19.8 Å². The Kier molecular flexibility index (Phi) is 8.41. The first-order valence-corrected chi connectivity index (χ1v) is 5.65. The van der Waals surface area contributed by atoms with E-state index >= 15 is 0 Å². The Morgan fingerprint density at radius 1 is 1.06 bits per heavy atom. The molecule has 0 aromatic carbocycles. The van der Waals surface area contributed by atoms with E-state index in [4.69, 9.17) is 6.42 Å². The smallest absolute Gasteiger partial charge is 0.229 e. The normalized spacial score (nSPS) is 8.94. The molecule has 0 atom stereocenters. The number of anilines is 3. The third-order valence-corrected chi connectivity index (χ3v) is 1.94. The van der Waals surface area contributed by atoms with Crippen molar-refractivity contribution in [3.63, 3.8) is 0 Å². The fraction of sp³-hybridized carbons (Fsp3) is 0.545. The summed E-state index contributed by atoms with van der Waals surface area (Å²) in [4.78, 5) is 12.6. The van der Waals surface area contributed by atoms with E-state index in [-0.39, 0.29) is 12.4 Å². The first-order valence-electron chi connectivity index (χ1n) is 5.65. The van der Waals surface area contributed by atoms with Gasteiger partial charge in [0.25, 0.3) is 0 Å². The summed E-state index contributed by atoms with van der Waals surface area (Å²) in [6.07, 6.45) is 6.83. The highest BCUT2D eigenvalue weighted by atomic mass is 35.5. The Morgan fingerprint density at radius 2 is 1.61 bits per heavy atom. The molecule has 0 saturated heterocycles. The van der Waals surface area contributed by atoms with Gasteiger partial charge in [-0.1, -0.05) is 6.92 Å². The van der Waals surface area contributed by atoms with Gasteiger partial charge in [0, 0.05) is 26.6 Å². The van der Waals surface area contributed by atoms with E-state index in [1.54, 1.807) is 7.05 Å². The molecular weight excluding hydrogens is 252 g/mol. The maximum atomic E-state index is 5.18. The topological polar surface area (TPSA) is 74.8 Å². The number of halogens is 1. The van der Waals surface area contributed by atoms with Crippen LogP contribution >= 0.6 is 12.4 Å². The Bertz CT molecular complexity index is 390. The minimum Gasteiger partial charge on any atom is -0.357 e. The molecule has 0 saturated carbocycles. The van der Waals surface area contributed by atoms with Gasteiger partial charge in [-0.3, -0.25) is 0 Å². The zero-order chi connectivity index (χ0) is 12.5. The zero-order valence-electron chi connectivity index (χ0n) is 10.7. The van der Waals surface area contributed by atoms with Gasteiger partial charge in [0.1, 0.15) is 0 Å². The highest BCUT2D eigenvalue weighted by molar-refractivity contribution is 5.85. The second-order valence-electron chi connectivity index (χ2n) is 3.36. The maximum Gasteiger partial charge on any atom is 0.229 e. The Morgan fingerprint density at radius 3 is 2.11 bits per heavy atom. The van der Waals surface area contributed by atoms with E-state index < -0.39 is 0 Å². The summed E-state index contributed by atoms with van der Waals surface area (Å²) >= 11 is 0. The number of rotatable bonds is 7. The number of terminal acetylenes is 1. The molecule has 0 radical (unpaired) electrons. The van der Waals surface area contributed by atoms with Gasteiger partial charge in [-0.15, -0.1) is 24.8 Å². The van der Waals surface area contributed by atoms with Gasteiger partial charge < -0.3 is 16.0 Å². The molecule has 0 aliphatic heterocycles. The number of hydrogen-bond acceptors (Lipinski definition) is 6. The van der Waals surface area contributed by atoms with Crippen LogP contribution in [0.2, 0.25) is 0 Å². The molecule has 100 valence electrons. The van der Waals surface area contributed by atoms with E-state index in [1.165, 1.54) is 0 Å². The van der Waals surface area contributed by atoms with Crippen LogP contribution < -0.4 is 16.0 Å². The summed E-state index contributed by atoms with van der Waals surface area (Å²) in [7, 11) is 1.77. The monoisotopic (exact) mass is 270 g/mol. The highest BCUT2D eigenvalue weighted by Gasteiger charge is 2.03. The van der Waals surface area contributed by atoms with Crippen molar-refractivity contribution in [3.8, 4) is 12.3 Å². The molecule has 0 spiro atoms. The molecule has 1 aromatic heterocycles. The van der Waals surface area contributed by atoms with Crippen molar-refractivity contribution >= 4 is 30.3 Å². The lowest BCUT2D eigenvalue weighted by Crippen LogP contribution is -2.12. The first-order chi connectivity index (χ1) is 8.30. The fourth-order valence-corrected chi connectivity index (χ4v) is 1.13. The molecule has 0 unspecified atom stereocenters. The van der Waals surface area contributed by atoms with Gasteiger partial charge in [-0.25, -0.2) is 0 Å². The molecule has 0 bridgehead atoms. The van der Waals surface area contributed by atoms with Gasteiger partial charge in [0.05, 0.1) is 0 Å². The molecule has 1 heterocycles. The Labute approximate surface area is 114 Å². The van der Waals surface area contributed by atoms with Crippen LogP contribution in [0.25, 0.3) is 0 Å². The van der Waals surface area contributed by atoms with Gasteiger partial charge in [-0.2, -0.15) is 15.0 Å². The van der Waals surface area contributed by atoms with Crippen LogP contribution in [-0.4, -0.2) is 35.1 Å². The van der Waals surface area contributed by atoms with E-state index in [1.807, 2.05) is 0 Å². The summed E-state index contributed by atoms with van der Waals surface area (Å²) in [6, 6.07) is 0. The summed E-state index contributed by atoms with van der Waals surface area (Å²) in [5.41, 5.74) is 0. The quantitative estimate of drug-likeness (QED) is 0.516. The molecule has 18 heavy (non-hydrogen) atoms. The average molecular weight is 271 g/mol. The number of nitrogens with one attached hydrogen (secondary N) is 3. The molecule has 0 aliphatic carbocycles. The number of aromatic nitrogens is 3. The molecule has 3 N–H and O–H groups in total. The lowest BCUT2D eigenvalue weighted by Gasteiger charge is -2.08. The molecule has 7 heteroatoms. The van der Waals surface area contributed by atoms with Gasteiger partial charge in [-0.05, 0) is 6.42 Å². The van der Waals surface area contributed by atoms with E-state index in [0.717, 1.165) is 13.0 Å². The van der Waals surface area contributed by atoms with Crippen LogP contribution in [0.5, 0.6) is 0 Å². The lowest BCUT2D eigenvalue weighted by molar-refractivity contribution is 0.933. The average Bonchev–Trinajstić information content (AvgIpc) is 2.36. The summed E-state index contributed by atoms with van der Waals surface area (Å²) in [5.74, 6) is 4.17. The van der Waals surface area contributed by atoms with Crippen LogP contribution in [0.15, 0.2) is 0 Å². The Balaban J connectivity index is 0.00000289. The van der Waals surface area contributed by atoms with Crippen LogP contribution in [-0.2, 0) is 0 Å². The number of hydrogen-bond donors (Lipinski definition) is 3. The molecule has 1 rings (SSSR count). The van der Waals surface area contributed by atoms with E-state index in [2.05, 4.69) is 43.7 Å². The van der Waals surface area contributed by atoms with Crippen molar-refractivity contribution < 1.29 is 0 Å². The Hall–Kier alpha value is -1.74. The summed E-state index contributed by atoms with van der Waals surface area (Å²) in [6.45, 7) is 3.56.